The zero-order valence-electron chi connectivity index (χ0n) is 11.3. The predicted octanol–water partition coefficient (Wildman–Crippen LogP) is 1.95. The number of benzene rings is 1. The van der Waals surface area contributed by atoms with Crippen molar-refractivity contribution in [3.05, 3.63) is 23.8 Å². The van der Waals surface area contributed by atoms with Crippen molar-refractivity contribution >= 4 is 28.5 Å². The van der Waals surface area contributed by atoms with E-state index in [1.54, 1.807) is 23.1 Å². The largest absolute Gasteiger partial charge is 0.495 e. The minimum absolute atomic E-state index is 0.0112. The van der Waals surface area contributed by atoms with Crippen LogP contribution in [0.5, 0.6) is 5.75 Å². The SMILES string of the molecule is COc1ccc(N2CC(SC(C)=O)CC2=O)cc1C#N. The highest BCUT2D eigenvalue weighted by Gasteiger charge is 2.32. The van der Waals surface area contributed by atoms with E-state index in [-0.39, 0.29) is 16.3 Å². The molecule has 0 radical (unpaired) electrons. The van der Waals surface area contributed by atoms with Gasteiger partial charge in [0.05, 0.1) is 12.7 Å². The second kappa shape index (κ2) is 5.97. The number of methoxy groups -OCH3 is 1. The maximum Gasteiger partial charge on any atom is 0.228 e. The minimum atomic E-state index is -0.0298. The smallest absolute Gasteiger partial charge is 0.228 e. The van der Waals surface area contributed by atoms with Gasteiger partial charge in [0.25, 0.3) is 0 Å². The normalized spacial score (nSPS) is 17.9. The van der Waals surface area contributed by atoms with Gasteiger partial charge in [-0.1, -0.05) is 11.8 Å². The summed E-state index contributed by atoms with van der Waals surface area (Å²) in [6, 6.07) is 7.10. The average molecular weight is 290 g/mol. The molecule has 6 heteroatoms. The van der Waals surface area contributed by atoms with Gasteiger partial charge in [0.15, 0.2) is 5.12 Å². The van der Waals surface area contributed by atoms with Crippen molar-refractivity contribution < 1.29 is 14.3 Å². The van der Waals surface area contributed by atoms with Crippen LogP contribution in [0, 0.1) is 11.3 Å². The quantitative estimate of drug-likeness (QED) is 0.851. The van der Waals surface area contributed by atoms with Crippen molar-refractivity contribution in [2.75, 3.05) is 18.6 Å². The number of carbonyl (C=O) groups excluding carboxylic acids is 2. The number of rotatable bonds is 3. The second-order valence-corrected chi connectivity index (χ2v) is 5.91. The summed E-state index contributed by atoms with van der Waals surface area (Å²) >= 11 is 1.19. The molecule has 20 heavy (non-hydrogen) atoms. The van der Waals surface area contributed by atoms with Crippen LogP contribution in [0.25, 0.3) is 0 Å². The van der Waals surface area contributed by atoms with Gasteiger partial charge < -0.3 is 9.64 Å². The maximum absolute atomic E-state index is 12.0. The molecule has 1 aliphatic rings. The Hall–Kier alpha value is -2.00. The van der Waals surface area contributed by atoms with Gasteiger partial charge in [-0.3, -0.25) is 9.59 Å². The van der Waals surface area contributed by atoms with Crippen molar-refractivity contribution in [1.29, 1.82) is 5.26 Å². The van der Waals surface area contributed by atoms with E-state index in [4.69, 9.17) is 10.00 Å². The van der Waals surface area contributed by atoms with Crippen LogP contribution in [0.3, 0.4) is 0 Å². The van der Waals surface area contributed by atoms with E-state index in [0.29, 0.717) is 30.0 Å². The van der Waals surface area contributed by atoms with E-state index in [1.165, 1.54) is 25.8 Å². The van der Waals surface area contributed by atoms with E-state index in [1.807, 2.05) is 6.07 Å². The number of hydrogen-bond acceptors (Lipinski definition) is 5. The van der Waals surface area contributed by atoms with Gasteiger partial charge in [0.1, 0.15) is 11.8 Å². The molecule has 1 amide bonds. The lowest BCUT2D eigenvalue weighted by atomic mass is 10.2. The molecule has 0 spiro atoms. The summed E-state index contributed by atoms with van der Waals surface area (Å²) in [7, 11) is 1.50. The molecule has 2 rings (SSSR count). The molecule has 0 aliphatic carbocycles. The van der Waals surface area contributed by atoms with Crippen LogP contribution in [0.4, 0.5) is 5.69 Å². The molecule has 0 saturated carbocycles. The van der Waals surface area contributed by atoms with Crippen LogP contribution in [0.1, 0.15) is 18.9 Å². The third-order valence-corrected chi connectivity index (χ3v) is 4.02. The lowest BCUT2D eigenvalue weighted by molar-refractivity contribution is -0.117. The fourth-order valence-electron chi connectivity index (χ4n) is 2.19. The van der Waals surface area contributed by atoms with Gasteiger partial charge in [-0.2, -0.15) is 5.26 Å². The molecule has 1 aliphatic heterocycles. The molecule has 104 valence electrons. The average Bonchev–Trinajstić information content (AvgIpc) is 2.77. The lowest BCUT2D eigenvalue weighted by Crippen LogP contribution is -2.25. The van der Waals surface area contributed by atoms with E-state index in [2.05, 4.69) is 0 Å². The van der Waals surface area contributed by atoms with Gasteiger partial charge in [-0.05, 0) is 18.2 Å². The first-order valence-corrected chi connectivity index (χ1v) is 6.99. The predicted molar refractivity (Wildman–Crippen MR) is 76.7 cm³/mol. The Morgan fingerprint density at radius 3 is 2.90 bits per heavy atom. The summed E-state index contributed by atoms with van der Waals surface area (Å²) < 4.78 is 5.08. The van der Waals surface area contributed by atoms with Crippen LogP contribution in [0.15, 0.2) is 18.2 Å². The van der Waals surface area contributed by atoms with Crippen molar-refractivity contribution in [2.45, 2.75) is 18.6 Å². The summed E-state index contributed by atoms with van der Waals surface area (Å²) in [6.07, 6.45) is 0.345. The molecule has 1 fully saturated rings. The van der Waals surface area contributed by atoms with Gasteiger partial charge in [0, 0.05) is 30.8 Å². The molecule has 5 nitrogen and oxygen atoms in total. The maximum atomic E-state index is 12.0. The molecule has 1 aromatic carbocycles. The molecule has 0 N–H and O–H groups in total. The summed E-state index contributed by atoms with van der Waals surface area (Å²) in [5, 5.41) is 9.06. The summed E-state index contributed by atoms with van der Waals surface area (Å²) in [6.45, 7) is 1.99. The lowest BCUT2D eigenvalue weighted by Gasteiger charge is -2.17. The van der Waals surface area contributed by atoms with E-state index in [9.17, 15) is 9.59 Å². The number of carbonyl (C=O) groups is 2. The van der Waals surface area contributed by atoms with Gasteiger partial charge >= 0.3 is 0 Å². The first-order chi connectivity index (χ1) is 9.55. The number of nitrogens with zero attached hydrogens (tertiary/aromatic N) is 2. The second-order valence-electron chi connectivity index (χ2n) is 4.44. The van der Waals surface area contributed by atoms with Crippen LogP contribution < -0.4 is 9.64 Å². The van der Waals surface area contributed by atoms with Crippen molar-refractivity contribution in [2.24, 2.45) is 0 Å². The van der Waals surface area contributed by atoms with Gasteiger partial charge in [-0.25, -0.2) is 0 Å². The third-order valence-electron chi connectivity index (χ3n) is 3.04. The number of ether oxygens (including phenoxy) is 1. The molecular weight excluding hydrogens is 276 g/mol. The summed E-state index contributed by atoms with van der Waals surface area (Å²) in [5.41, 5.74) is 1.06. The zero-order chi connectivity index (χ0) is 14.7. The van der Waals surface area contributed by atoms with Crippen LogP contribution in [-0.2, 0) is 9.59 Å². The first-order valence-electron chi connectivity index (χ1n) is 6.11. The molecule has 1 atom stereocenters. The Morgan fingerprint density at radius 1 is 1.55 bits per heavy atom. The molecule has 0 bridgehead atoms. The van der Waals surface area contributed by atoms with Gasteiger partial charge in [0.2, 0.25) is 5.91 Å². The molecule has 1 heterocycles. The van der Waals surface area contributed by atoms with E-state index < -0.39 is 0 Å². The Labute approximate surface area is 121 Å². The monoisotopic (exact) mass is 290 g/mol. The van der Waals surface area contributed by atoms with E-state index in [0.717, 1.165) is 0 Å². The zero-order valence-corrected chi connectivity index (χ0v) is 12.1. The van der Waals surface area contributed by atoms with Gasteiger partial charge in [-0.15, -0.1) is 0 Å². The highest BCUT2D eigenvalue weighted by atomic mass is 32.2. The number of anilines is 1. The van der Waals surface area contributed by atoms with Crippen molar-refractivity contribution in [3.63, 3.8) is 0 Å². The number of nitriles is 1. The van der Waals surface area contributed by atoms with Crippen LogP contribution in [0.2, 0.25) is 0 Å². The summed E-state index contributed by atoms with van der Waals surface area (Å²) in [4.78, 5) is 24.7. The van der Waals surface area contributed by atoms with Crippen molar-refractivity contribution in [1.82, 2.24) is 0 Å². The Balaban J connectivity index is 2.22. The number of hydrogen-bond donors (Lipinski definition) is 0. The Morgan fingerprint density at radius 2 is 2.30 bits per heavy atom. The number of amides is 1. The molecular formula is C14H14N2O3S. The fourth-order valence-corrected chi connectivity index (χ4v) is 3.11. The molecule has 1 unspecified atom stereocenters. The van der Waals surface area contributed by atoms with Crippen molar-refractivity contribution in [3.8, 4) is 11.8 Å². The standard InChI is InChI=1S/C14H14N2O3S/c1-9(17)20-12-6-14(18)16(8-12)11-3-4-13(19-2)10(5-11)7-15/h3-5,12H,6,8H2,1-2H3. The first kappa shape index (κ1) is 14.4. The highest BCUT2D eigenvalue weighted by molar-refractivity contribution is 8.14. The highest BCUT2D eigenvalue weighted by Crippen LogP contribution is 2.31. The minimum Gasteiger partial charge on any atom is -0.495 e. The third kappa shape index (κ3) is 2.94. The Kier molecular flexibility index (Phi) is 4.30. The Bertz CT molecular complexity index is 595. The van der Waals surface area contributed by atoms with Crippen LogP contribution >= 0.6 is 11.8 Å². The fraction of sp³-hybridized carbons (Fsp3) is 0.357. The molecule has 1 aromatic rings. The van der Waals surface area contributed by atoms with Crippen LogP contribution in [-0.4, -0.2) is 29.9 Å². The molecule has 0 aromatic heterocycles. The van der Waals surface area contributed by atoms with E-state index >= 15 is 0 Å². The topological polar surface area (TPSA) is 70.4 Å². The summed E-state index contributed by atoms with van der Waals surface area (Å²) in [5.74, 6) is 0.454. The number of thioether (sulfide) groups is 1. The molecule has 1 saturated heterocycles.